The number of carbonyl (C=O) groups excluding carboxylic acids is 1. The smallest absolute Gasteiger partial charge is 0.322 e. The van der Waals surface area contributed by atoms with Gasteiger partial charge in [-0.25, -0.2) is 4.79 Å². The molecular formula is C25H30BrN3O. The van der Waals surface area contributed by atoms with Crippen LogP contribution < -0.4 is 5.32 Å². The average Bonchev–Trinajstić information content (AvgIpc) is 3.12. The Morgan fingerprint density at radius 3 is 2.53 bits per heavy atom. The molecule has 3 rings (SSSR count). The van der Waals surface area contributed by atoms with Crippen LogP contribution in [0, 0.1) is 12.8 Å². The second-order valence-corrected chi connectivity index (χ2v) is 9.09. The van der Waals surface area contributed by atoms with Crippen LogP contribution in [0.15, 0.2) is 71.3 Å². The Kier molecular flexibility index (Phi) is 7.38. The molecule has 158 valence electrons. The molecule has 30 heavy (non-hydrogen) atoms. The molecule has 0 aliphatic rings. The molecule has 3 aromatic rings. The summed E-state index contributed by atoms with van der Waals surface area (Å²) in [6, 6.07) is 20.4. The first-order valence-electron chi connectivity index (χ1n) is 10.4. The molecule has 0 bridgehead atoms. The van der Waals surface area contributed by atoms with E-state index in [0.29, 0.717) is 12.5 Å². The molecule has 1 aromatic heterocycles. The van der Waals surface area contributed by atoms with Crippen molar-refractivity contribution in [1.29, 1.82) is 0 Å². The van der Waals surface area contributed by atoms with Crippen LogP contribution >= 0.6 is 15.9 Å². The zero-order valence-electron chi connectivity index (χ0n) is 18.1. The third-order valence-electron chi connectivity index (χ3n) is 5.48. The highest BCUT2D eigenvalue weighted by Gasteiger charge is 2.24. The van der Waals surface area contributed by atoms with E-state index in [1.165, 1.54) is 11.1 Å². The molecular weight excluding hydrogens is 438 g/mol. The molecule has 4 nitrogen and oxygen atoms in total. The van der Waals surface area contributed by atoms with Crippen LogP contribution in [0.25, 0.3) is 0 Å². The van der Waals surface area contributed by atoms with Crippen molar-refractivity contribution in [3.05, 3.63) is 88.2 Å². The molecule has 0 spiro atoms. The van der Waals surface area contributed by atoms with Crippen molar-refractivity contribution in [2.24, 2.45) is 5.92 Å². The lowest BCUT2D eigenvalue weighted by molar-refractivity contribution is 0.168. The van der Waals surface area contributed by atoms with Gasteiger partial charge in [0.15, 0.2) is 0 Å². The monoisotopic (exact) mass is 467 g/mol. The van der Waals surface area contributed by atoms with Gasteiger partial charge in [-0.1, -0.05) is 65.7 Å². The van der Waals surface area contributed by atoms with E-state index in [4.69, 9.17) is 0 Å². The van der Waals surface area contributed by atoms with E-state index in [1.54, 1.807) is 0 Å². The Hall–Kier alpha value is -2.53. The normalized spacial score (nSPS) is 12.1. The number of hydrogen-bond donors (Lipinski definition) is 1. The summed E-state index contributed by atoms with van der Waals surface area (Å²) >= 11 is 3.47. The molecule has 1 N–H and O–H groups in total. The van der Waals surface area contributed by atoms with Crippen LogP contribution in [0.3, 0.4) is 0 Å². The zero-order chi connectivity index (χ0) is 21.7. The highest BCUT2D eigenvalue weighted by molar-refractivity contribution is 9.10. The van der Waals surface area contributed by atoms with Gasteiger partial charge < -0.3 is 14.8 Å². The fourth-order valence-corrected chi connectivity index (χ4v) is 3.85. The maximum absolute atomic E-state index is 13.2. The Morgan fingerprint density at radius 1 is 1.07 bits per heavy atom. The van der Waals surface area contributed by atoms with Gasteiger partial charge in [-0.15, -0.1) is 0 Å². The number of hydrogen-bond acceptors (Lipinski definition) is 1. The van der Waals surface area contributed by atoms with Crippen molar-refractivity contribution < 1.29 is 4.79 Å². The van der Waals surface area contributed by atoms with E-state index >= 15 is 0 Å². The molecule has 0 fully saturated rings. The second-order valence-electron chi connectivity index (χ2n) is 8.17. The van der Waals surface area contributed by atoms with Gasteiger partial charge in [0.2, 0.25) is 0 Å². The number of nitrogens with zero attached hydrogens (tertiary/aromatic N) is 2. The summed E-state index contributed by atoms with van der Waals surface area (Å²) in [6.07, 6.45) is 2.09. The molecule has 0 radical (unpaired) electrons. The number of benzene rings is 2. The maximum atomic E-state index is 13.2. The second kappa shape index (κ2) is 9.98. The predicted molar refractivity (Wildman–Crippen MR) is 128 cm³/mol. The summed E-state index contributed by atoms with van der Waals surface area (Å²) in [5.41, 5.74) is 4.41. The Morgan fingerprint density at radius 2 is 1.83 bits per heavy atom. The highest BCUT2D eigenvalue weighted by Crippen LogP contribution is 2.20. The highest BCUT2D eigenvalue weighted by atomic mass is 79.9. The molecule has 1 heterocycles. The fourth-order valence-electron chi connectivity index (χ4n) is 3.45. The number of anilines is 1. The number of nitrogens with one attached hydrogen (secondary N) is 1. The van der Waals surface area contributed by atoms with Crippen molar-refractivity contribution in [1.82, 2.24) is 9.47 Å². The summed E-state index contributed by atoms with van der Waals surface area (Å²) in [6.45, 7) is 9.86. The predicted octanol–water partition coefficient (Wildman–Crippen LogP) is 6.69. The van der Waals surface area contributed by atoms with E-state index < -0.39 is 0 Å². The van der Waals surface area contributed by atoms with E-state index in [9.17, 15) is 4.79 Å². The van der Waals surface area contributed by atoms with Crippen molar-refractivity contribution >= 4 is 27.6 Å². The summed E-state index contributed by atoms with van der Waals surface area (Å²) < 4.78 is 3.16. The van der Waals surface area contributed by atoms with Crippen molar-refractivity contribution in [3.8, 4) is 0 Å². The summed E-state index contributed by atoms with van der Waals surface area (Å²) in [5, 5.41) is 3.06. The van der Waals surface area contributed by atoms with Gasteiger partial charge in [-0.2, -0.15) is 0 Å². The van der Waals surface area contributed by atoms with Gasteiger partial charge in [-0.05, 0) is 55.7 Å². The first-order chi connectivity index (χ1) is 14.3. The average molecular weight is 468 g/mol. The van der Waals surface area contributed by atoms with Crippen LogP contribution in [0.4, 0.5) is 10.5 Å². The van der Waals surface area contributed by atoms with Crippen molar-refractivity contribution in [2.75, 3.05) is 5.32 Å². The van der Waals surface area contributed by atoms with E-state index in [2.05, 4.69) is 96.1 Å². The molecule has 0 aliphatic heterocycles. The van der Waals surface area contributed by atoms with Gasteiger partial charge in [0, 0.05) is 34.6 Å². The molecule has 0 saturated carbocycles. The number of rotatable bonds is 7. The lowest BCUT2D eigenvalue weighted by Gasteiger charge is -2.32. The van der Waals surface area contributed by atoms with E-state index in [0.717, 1.165) is 22.4 Å². The molecule has 1 atom stereocenters. The quantitative estimate of drug-likeness (QED) is 0.412. The molecule has 1 unspecified atom stereocenters. The topological polar surface area (TPSA) is 37.3 Å². The van der Waals surface area contributed by atoms with Crippen LogP contribution in [0.1, 0.15) is 37.6 Å². The SMILES string of the molecule is Cc1cccc(Cn2cccc2CN(C(=O)Nc2cccc(Br)c2)C(C)C(C)C)c1. The lowest BCUT2D eigenvalue weighted by Crippen LogP contribution is -2.43. The van der Waals surface area contributed by atoms with Crippen molar-refractivity contribution in [3.63, 3.8) is 0 Å². The van der Waals surface area contributed by atoms with E-state index in [1.807, 2.05) is 29.2 Å². The Balaban J connectivity index is 1.80. The van der Waals surface area contributed by atoms with Gasteiger partial charge >= 0.3 is 6.03 Å². The van der Waals surface area contributed by atoms with Crippen molar-refractivity contribution in [2.45, 2.75) is 46.8 Å². The summed E-state index contributed by atoms with van der Waals surface area (Å²) in [5.74, 6) is 0.346. The van der Waals surface area contributed by atoms with Gasteiger partial charge in [0.05, 0.1) is 6.54 Å². The number of halogens is 1. The van der Waals surface area contributed by atoms with Crippen LogP contribution in [-0.4, -0.2) is 21.5 Å². The van der Waals surface area contributed by atoms with E-state index in [-0.39, 0.29) is 12.1 Å². The van der Waals surface area contributed by atoms with Crippen LogP contribution in [-0.2, 0) is 13.1 Å². The number of carbonyl (C=O) groups is 1. The fraction of sp³-hybridized carbons (Fsp3) is 0.320. The van der Waals surface area contributed by atoms with Crippen LogP contribution in [0.5, 0.6) is 0 Å². The zero-order valence-corrected chi connectivity index (χ0v) is 19.7. The molecule has 5 heteroatoms. The minimum atomic E-state index is -0.0856. The molecule has 0 saturated heterocycles. The number of aryl methyl sites for hydroxylation is 1. The standard InChI is InChI=1S/C25H30BrN3O/c1-18(2)20(4)29(25(30)27-23-11-6-10-22(26)15-23)17-24-12-7-13-28(24)16-21-9-5-8-19(3)14-21/h5-15,18,20H,16-17H2,1-4H3,(H,27,30). The minimum Gasteiger partial charge on any atom is -0.345 e. The molecule has 2 aromatic carbocycles. The van der Waals surface area contributed by atoms with Crippen LogP contribution in [0.2, 0.25) is 0 Å². The summed E-state index contributed by atoms with van der Waals surface area (Å²) in [4.78, 5) is 15.1. The first-order valence-corrected chi connectivity index (χ1v) is 11.2. The van der Waals surface area contributed by atoms with Gasteiger partial charge in [-0.3, -0.25) is 0 Å². The molecule has 2 amide bonds. The lowest BCUT2D eigenvalue weighted by atomic mass is 10.0. The Labute approximate surface area is 188 Å². The minimum absolute atomic E-state index is 0.0856. The van der Waals surface area contributed by atoms with Gasteiger partial charge in [0.1, 0.15) is 0 Å². The Bertz CT molecular complexity index is 995. The van der Waals surface area contributed by atoms with Gasteiger partial charge in [0.25, 0.3) is 0 Å². The first kappa shape index (κ1) is 22.2. The number of amides is 2. The third-order valence-corrected chi connectivity index (χ3v) is 5.98. The number of aromatic nitrogens is 1. The third kappa shape index (κ3) is 5.76. The molecule has 0 aliphatic carbocycles. The maximum Gasteiger partial charge on any atom is 0.322 e. The largest absolute Gasteiger partial charge is 0.345 e. The summed E-state index contributed by atoms with van der Waals surface area (Å²) in [7, 11) is 0. The number of urea groups is 1.